The smallest absolute Gasteiger partial charge is 0.316 e. The van der Waals surface area contributed by atoms with Crippen LogP contribution in [-0.2, 0) is 9.53 Å². The number of thioether (sulfide) groups is 1. The molecule has 2 nitrogen and oxygen atoms in total. The first kappa shape index (κ1) is 15.7. The van der Waals surface area contributed by atoms with Gasteiger partial charge in [0, 0.05) is 6.42 Å². The van der Waals surface area contributed by atoms with Crippen LogP contribution in [0.15, 0.2) is 0 Å². The van der Waals surface area contributed by atoms with E-state index in [1.54, 1.807) is 20.8 Å². The van der Waals surface area contributed by atoms with Crippen LogP contribution in [0.2, 0.25) is 0 Å². The van der Waals surface area contributed by atoms with E-state index >= 15 is 0 Å². The first-order valence-corrected chi connectivity index (χ1v) is 6.43. The van der Waals surface area contributed by atoms with Crippen LogP contribution < -0.4 is 0 Å². The fourth-order valence-electron chi connectivity index (χ4n) is 1.01. The number of hydrogen-bond acceptors (Lipinski definition) is 3. The number of rotatable bonds is 6. The van der Waals surface area contributed by atoms with Crippen LogP contribution in [-0.4, -0.2) is 29.0 Å². The number of ether oxygens (including phenoxy) is 1. The Morgan fingerprint density at radius 2 is 1.81 bits per heavy atom. The normalized spacial score (nSPS) is 12.6. The highest BCUT2D eigenvalue weighted by Crippen LogP contribution is 2.20. The lowest BCUT2D eigenvalue weighted by Gasteiger charge is -2.19. The maximum atomic E-state index is 12.4. The first-order chi connectivity index (χ1) is 7.10. The van der Waals surface area contributed by atoms with Crippen molar-refractivity contribution in [2.45, 2.75) is 52.1 Å². The molecule has 16 heavy (non-hydrogen) atoms. The van der Waals surface area contributed by atoms with E-state index in [1.807, 2.05) is 0 Å². The lowest BCUT2D eigenvalue weighted by Crippen LogP contribution is -2.25. The van der Waals surface area contributed by atoms with E-state index in [-0.39, 0.29) is 18.1 Å². The van der Waals surface area contributed by atoms with Crippen LogP contribution in [0.1, 0.15) is 40.5 Å². The van der Waals surface area contributed by atoms with Gasteiger partial charge in [0.25, 0.3) is 0 Å². The van der Waals surface area contributed by atoms with Gasteiger partial charge in [-0.2, -0.15) is 11.8 Å². The molecule has 0 aliphatic carbocycles. The highest BCUT2D eigenvalue weighted by atomic mass is 32.2. The average Bonchev–Trinajstić information content (AvgIpc) is 1.97. The fourth-order valence-corrected chi connectivity index (χ4v) is 1.73. The molecule has 0 bridgehead atoms. The van der Waals surface area contributed by atoms with Crippen molar-refractivity contribution in [1.82, 2.24) is 0 Å². The van der Waals surface area contributed by atoms with Crippen molar-refractivity contribution in [3.63, 3.8) is 0 Å². The van der Waals surface area contributed by atoms with Crippen LogP contribution in [0.3, 0.4) is 0 Å². The van der Waals surface area contributed by atoms with E-state index in [4.69, 9.17) is 4.74 Å². The highest BCUT2D eigenvalue weighted by Gasteiger charge is 2.20. The SMILES string of the molecule is CC(F)(F)CCCSCC(=O)OC(C)(C)C. The Hall–Kier alpha value is -0.320. The topological polar surface area (TPSA) is 26.3 Å². The Labute approximate surface area is 100 Å². The van der Waals surface area contributed by atoms with Crippen molar-refractivity contribution in [3.8, 4) is 0 Å². The first-order valence-electron chi connectivity index (χ1n) is 5.27. The summed E-state index contributed by atoms with van der Waals surface area (Å²) in [4.78, 5) is 11.2. The van der Waals surface area contributed by atoms with Gasteiger partial charge in [0.15, 0.2) is 0 Å². The van der Waals surface area contributed by atoms with Gasteiger partial charge in [-0.05, 0) is 39.9 Å². The monoisotopic (exact) mass is 254 g/mol. The van der Waals surface area contributed by atoms with Gasteiger partial charge in [-0.3, -0.25) is 4.79 Å². The average molecular weight is 254 g/mol. The van der Waals surface area contributed by atoms with E-state index in [0.717, 1.165) is 6.92 Å². The maximum Gasteiger partial charge on any atom is 0.316 e. The molecule has 0 aromatic rings. The van der Waals surface area contributed by atoms with E-state index in [0.29, 0.717) is 12.2 Å². The highest BCUT2D eigenvalue weighted by molar-refractivity contribution is 7.99. The lowest BCUT2D eigenvalue weighted by atomic mass is 10.2. The molecule has 0 rings (SSSR count). The molecule has 0 aliphatic heterocycles. The fraction of sp³-hybridized carbons (Fsp3) is 0.909. The molecule has 0 aromatic carbocycles. The van der Waals surface area contributed by atoms with Crippen molar-refractivity contribution in [2.24, 2.45) is 0 Å². The van der Waals surface area contributed by atoms with Crippen molar-refractivity contribution in [2.75, 3.05) is 11.5 Å². The van der Waals surface area contributed by atoms with E-state index in [9.17, 15) is 13.6 Å². The van der Waals surface area contributed by atoms with Gasteiger partial charge >= 0.3 is 5.97 Å². The predicted octanol–water partition coefficient (Wildman–Crippen LogP) is 3.50. The summed E-state index contributed by atoms with van der Waals surface area (Å²) < 4.78 is 29.9. The minimum Gasteiger partial charge on any atom is -0.459 e. The second kappa shape index (κ2) is 6.42. The number of carbonyl (C=O) groups is 1. The Balaban J connectivity index is 3.50. The van der Waals surface area contributed by atoms with Crippen molar-refractivity contribution < 1.29 is 18.3 Å². The second-order valence-corrected chi connectivity index (χ2v) is 5.92. The zero-order valence-corrected chi connectivity index (χ0v) is 11.1. The number of alkyl halides is 2. The van der Waals surface area contributed by atoms with E-state index in [2.05, 4.69) is 0 Å². The second-order valence-electron chi connectivity index (χ2n) is 4.81. The number of halogens is 2. The molecule has 0 radical (unpaired) electrons. The minimum atomic E-state index is -2.60. The van der Waals surface area contributed by atoms with Crippen molar-refractivity contribution >= 4 is 17.7 Å². The summed E-state index contributed by atoms with van der Waals surface area (Å²) >= 11 is 1.33. The molecule has 0 spiro atoms. The zero-order valence-electron chi connectivity index (χ0n) is 10.3. The third-order valence-corrected chi connectivity index (χ3v) is 2.56. The summed E-state index contributed by atoms with van der Waals surface area (Å²) in [5, 5.41) is 0. The van der Waals surface area contributed by atoms with Gasteiger partial charge in [-0.15, -0.1) is 0 Å². The van der Waals surface area contributed by atoms with Crippen LogP contribution in [0.5, 0.6) is 0 Å². The van der Waals surface area contributed by atoms with Crippen LogP contribution in [0.25, 0.3) is 0 Å². The summed E-state index contributed by atoms with van der Waals surface area (Å²) in [6.07, 6.45) is 0.283. The molecule has 0 heterocycles. The van der Waals surface area contributed by atoms with Gasteiger partial charge in [0.1, 0.15) is 5.60 Å². The van der Waals surface area contributed by atoms with Crippen molar-refractivity contribution in [1.29, 1.82) is 0 Å². The van der Waals surface area contributed by atoms with Gasteiger partial charge < -0.3 is 4.74 Å². The molecule has 96 valence electrons. The van der Waals surface area contributed by atoms with Gasteiger partial charge in [0.2, 0.25) is 5.92 Å². The predicted molar refractivity (Wildman–Crippen MR) is 63.0 cm³/mol. The largest absolute Gasteiger partial charge is 0.459 e. The molecule has 0 atom stereocenters. The Morgan fingerprint density at radius 3 is 2.25 bits per heavy atom. The van der Waals surface area contributed by atoms with Crippen LogP contribution >= 0.6 is 11.8 Å². The molecule has 0 unspecified atom stereocenters. The third-order valence-electron chi connectivity index (χ3n) is 1.54. The molecule has 0 aliphatic rings. The molecule has 0 saturated heterocycles. The summed E-state index contributed by atoms with van der Waals surface area (Å²) in [5.41, 5.74) is -0.478. The molecule has 0 amide bonds. The molecular formula is C11H20F2O2S. The van der Waals surface area contributed by atoms with Gasteiger partial charge in [-0.1, -0.05) is 0 Å². The summed E-state index contributed by atoms with van der Waals surface area (Å²) in [6.45, 7) is 6.30. The Kier molecular flexibility index (Phi) is 6.30. The lowest BCUT2D eigenvalue weighted by molar-refractivity contribution is -0.151. The van der Waals surface area contributed by atoms with E-state index < -0.39 is 11.5 Å². The maximum absolute atomic E-state index is 12.4. The molecule has 0 saturated carbocycles. The van der Waals surface area contributed by atoms with Crippen molar-refractivity contribution in [3.05, 3.63) is 0 Å². The van der Waals surface area contributed by atoms with Crippen LogP contribution in [0, 0.1) is 0 Å². The van der Waals surface area contributed by atoms with Gasteiger partial charge in [-0.25, -0.2) is 8.78 Å². The summed E-state index contributed by atoms with van der Waals surface area (Å²) in [6, 6.07) is 0. The quantitative estimate of drug-likeness (QED) is 0.536. The molecule has 5 heteroatoms. The molecule has 0 fully saturated rings. The third kappa shape index (κ3) is 11.8. The number of carbonyl (C=O) groups excluding carboxylic acids is 1. The van der Waals surface area contributed by atoms with Gasteiger partial charge in [0.05, 0.1) is 5.75 Å². The summed E-state index contributed by atoms with van der Waals surface area (Å²) in [7, 11) is 0. The molecule has 0 N–H and O–H groups in total. The van der Waals surface area contributed by atoms with E-state index in [1.165, 1.54) is 11.8 Å². The minimum absolute atomic E-state index is 0.131. The number of esters is 1. The number of hydrogen-bond donors (Lipinski definition) is 0. The Bertz CT molecular complexity index is 219. The molecule has 0 aromatic heterocycles. The standard InChI is InChI=1S/C11H20F2O2S/c1-10(2,3)15-9(14)8-16-7-5-6-11(4,12)13/h5-8H2,1-4H3. The van der Waals surface area contributed by atoms with Crippen LogP contribution in [0.4, 0.5) is 8.78 Å². The summed E-state index contributed by atoms with van der Waals surface area (Å²) in [5.74, 6) is -2.11. The Morgan fingerprint density at radius 1 is 1.25 bits per heavy atom. The molecular weight excluding hydrogens is 234 g/mol. The zero-order chi connectivity index (χ0) is 12.8.